The van der Waals surface area contributed by atoms with Crippen molar-refractivity contribution < 1.29 is 14.2 Å². The zero-order chi connectivity index (χ0) is 22.2. The first-order valence-electron chi connectivity index (χ1n) is 12.4. The summed E-state index contributed by atoms with van der Waals surface area (Å²) in [7, 11) is 0. The second-order valence-electron chi connectivity index (χ2n) is 9.28. The van der Waals surface area contributed by atoms with Gasteiger partial charge >= 0.3 is 0 Å². The molecule has 2 saturated heterocycles. The van der Waals surface area contributed by atoms with E-state index in [0.29, 0.717) is 18.5 Å². The van der Waals surface area contributed by atoms with Gasteiger partial charge in [-0.05, 0) is 50.7 Å². The number of nitrogens with one attached hydrogen (secondary N) is 2. The first kappa shape index (κ1) is 23.3. The van der Waals surface area contributed by atoms with E-state index in [1.807, 2.05) is 0 Å². The summed E-state index contributed by atoms with van der Waals surface area (Å²) >= 11 is 0. The number of guanidine groups is 1. The maximum Gasteiger partial charge on any atom is 0.191 e. The van der Waals surface area contributed by atoms with Crippen molar-refractivity contribution in [2.75, 3.05) is 59.2 Å². The van der Waals surface area contributed by atoms with Crippen LogP contribution in [0, 0.1) is 18.8 Å². The average Bonchev–Trinajstić information content (AvgIpc) is 3.49. The summed E-state index contributed by atoms with van der Waals surface area (Å²) in [6.07, 6.45) is 3.72. The number of hydrogen-bond donors (Lipinski definition) is 2. The third-order valence-electron chi connectivity index (χ3n) is 6.65. The van der Waals surface area contributed by atoms with Crippen LogP contribution in [0.3, 0.4) is 0 Å². The molecule has 0 radical (unpaired) electrons. The molecule has 4 rings (SSSR count). The van der Waals surface area contributed by atoms with Crippen LogP contribution in [0.2, 0.25) is 0 Å². The molecule has 1 aromatic carbocycles. The Kier molecular flexibility index (Phi) is 8.65. The van der Waals surface area contributed by atoms with Crippen LogP contribution in [0.25, 0.3) is 0 Å². The summed E-state index contributed by atoms with van der Waals surface area (Å²) in [6.45, 7) is 12.7. The lowest BCUT2D eigenvalue weighted by Crippen LogP contribution is -2.53. The number of benzene rings is 1. The van der Waals surface area contributed by atoms with E-state index in [4.69, 9.17) is 19.2 Å². The molecule has 3 fully saturated rings. The number of hydrogen-bond acceptors (Lipinski definition) is 5. The lowest BCUT2D eigenvalue weighted by atomic mass is 9.97. The van der Waals surface area contributed by atoms with E-state index in [2.05, 4.69) is 47.6 Å². The monoisotopic (exact) mass is 444 g/mol. The van der Waals surface area contributed by atoms with Crippen molar-refractivity contribution in [1.82, 2.24) is 15.5 Å². The minimum atomic E-state index is 0.432. The molecular weight excluding hydrogens is 404 g/mol. The van der Waals surface area contributed by atoms with Gasteiger partial charge in [0.25, 0.3) is 0 Å². The van der Waals surface area contributed by atoms with Gasteiger partial charge in [0.2, 0.25) is 0 Å². The van der Waals surface area contributed by atoms with Crippen molar-refractivity contribution in [2.45, 2.75) is 45.7 Å². The number of aryl methyl sites for hydroxylation is 1. The second-order valence-corrected chi connectivity index (χ2v) is 9.28. The molecule has 178 valence electrons. The van der Waals surface area contributed by atoms with Gasteiger partial charge in [0.15, 0.2) is 5.96 Å². The Bertz CT molecular complexity index is 741. The number of aliphatic imine (C=N–C) groups is 1. The molecule has 1 aromatic rings. The molecule has 7 heteroatoms. The van der Waals surface area contributed by atoms with E-state index < -0.39 is 0 Å². The first-order chi connectivity index (χ1) is 15.7. The van der Waals surface area contributed by atoms with Crippen molar-refractivity contribution in [2.24, 2.45) is 16.8 Å². The minimum Gasteiger partial charge on any atom is -0.493 e. The molecule has 2 unspecified atom stereocenters. The van der Waals surface area contributed by atoms with Gasteiger partial charge in [-0.2, -0.15) is 0 Å². The van der Waals surface area contributed by atoms with Crippen LogP contribution >= 0.6 is 0 Å². The summed E-state index contributed by atoms with van der Waals surface area (Å²) in [5, 5.41) is 7.03. The number of rotatable bonds is 10. The fourth-order valence-corrected chi connectivity index (χ4v) is 4.49. The van der Waals surface area contributed by atoms with Crippen LogP contribution in [-0.4, -0.2) is 76.1 Å². The fraction of sp³-hybridized carbons (Fsp3) is 0.720. The fourth-order valence-electron chi connectivity index (χ4n) is 4.49. The molecule has 7 nitrogen and oxygen atoms in total. The highest BCUT2D eigenvalue weighted by molar-refractivity contribution is 5.79. The van der Waals surface area contributed by atoms with Crippen LogP contribution in [0.5, 0.6) is 5.75 Å². The van der Waals surface area contributed by atoms with Crippen LogP contribution in [0.4, 0.5) is 0 Å². The summed E-state index contributed by atoms with van der Waals surface area (Å²) in [4.78, 5) is 7.46. The standard InChI is InChI=1S/C25H40N4O3/c1-3-26-25(27-15-21-7-4-19(2)14-24(21)32-17-20-5-6-20)28-16-23(22-8-11-31-18-22)29-9-12-30-13-10-29/h4,7,14,20,22-23H,3,5-6,8-13,15-18H2,1-2H3,(H2,26,27,28). The second kappa shape index (κ2) is 11.9. The summed E-state index contributed by atoms with van der Waals surface area (Å²) in [5.41, 5.74) is 2.36. The maximum absolute atomic E-state index is 6.14. The Labute approximate surface area is 192 Å². The highest BCUT2D eigenvalue weighted by Gasteiger charge is 2.31. The van der Waals surface area contributed by atoms with Crippen molar-refractivity contribution in [3.63, 3.8) is 0 Å². The predicted octanol–water partition coefficient (Wildman–Crippen LogP) is 2.58. The van der Waals surface area contributed by atoms with Crippen molar-refractivity contribution in [3.8, 4) is 5.75 Å². The summed E-state index contributed by atoms with van der Waals surface area (Å²) in [5.74, 6) is 3.13. The zero-order valence-electron chi connectivity index (χ0n) is 19.8. The van der Waals surface area contributed by atoms with E-state index in [-0.39, 0.29) is 0 Å². The normalized spacial score (nSPS) is 23.2. The highest BCUT2D eigenvalue weighted by atomic mass is 16.5. The largest absolute Gasteiger partial charge is 0.493 e. The van der Waals surface area contributed by atoms with Gasteiger partial charge in [-0.3, -0.25) is 4.90 Å². The van der Waals surface area contributed by atoms with Gasteiger partial charge in [0, 0.05) is 50.3 Å². The third-order valence-corrected chi connectivity index (χ3v) is 6.65. The van der Waals surface area contributed by atoms with Crippen molar-refractivity contribution >= 4 is 5.96 Å². The molecule has 32 heavy (non-hydrogen) atoms. The van der Waals surface area contributed by atoms with Gasteiger partial charge in [0.1, 0.15) is 5.75 Å². The van der Waals surface area contributed by atoms with Crippen molar-refractivity contribution in [3.05, 3.63) is 29.3 Å². The smallest absolute Gasteiger partial charge is 0.191 e. The van der Waals surface area contributed by atoms with Gasteiger partial charge in [-0.25, -0.2) is 4.99 Å². The first-order valence-corrected chi connectivity index (χ1v) is 12.4. The van der Waals surface area contributed by atoms with Gasteiger partial charge in [0.05, 0.1) is 33.0 Å². The molecule has 0 spiro atoms. The Morgan fingerprint density at radius 3 is 2.72 bits per heavy atom. The maximum atomic E-state index is 6.14. The van der Waals surface area contributed by atoms with Crippen LogP contribution < -0.4 is 15.4 Å². The molecule has 0 aromatic heterocycles. The van der Waals surface area contributed by atoms with E-state index >= 15 is 0 Å². The molecule has 2 N–H and O–H groups in total. The highest BCUT2D eigenvalue weighted by Crippen LogP contribution is 2.31. The topological polar surface area (TPSA) is 67.4 Å². The predicted molar refractivity (Wildman–Crippen MR) is 127 cm³/mol. The van der Waals surface area contributed by atoms with Gasteiger partial charge < -0.3 is 24.8 Å². The molecule has 3 aliphatic rings. The molecule has 1 saturated carbocycles. The van der Waals surface area contributed by atoms with E-state index in [1.165, 1.54) is 18.4 Å². The zero-order valence-corrected chi connectivity index (χ0v) is 19.8. The lowest BCUT2D eigenvalue weighted by Gasteiger charge is -2.37. The summed E-state index contributed by atoms with van der Waals surface area (Å²) in [6, 6.07) is 6.87. The average molecular weight is 445 g/mol. The molecule has 2 atom stereocenters. The van der Waals surface area contributed by atoms with Gasteiger partial charge in [-0.1, -0.05) is 12.1 Å². The number of morpholine rings is 1. The van der Waals surface area contributed by atoms with E-state index in [9.17, 15) is 0 Å². The van der Waals surface area contributed by atoms with Crippen molar-refractivity contribution in [1.29, 1.82) is 0 Å². The lowest BCUT2D eigenvalue weighted by molar-refractivity contribution is 0.00246. The Morgan fingerprint density at radius 2 is 2.00 bits per heavy atom. The number of nitrogens with zero attached hydrogens (tertiary/aromatic N) is 2. The molecule has 2 heterocycles. The molecule has 0 bridgehead atoms. The molecule has 0 amide bonds. The molecule has 1 aliphatic carbocycles. The summed E-state index contributed by atoms with van der Waals surface area (Å²) < 4.78 is 17.4. The third kappa shape index (κ3) is 6.83. The minimum absolute atomic E-state index is 0.432. The Hall–Kier alpha value is -1.83. The quantitative estimate of drug-likeness (QED) is 0.427. The van der Waals surface area contributed by atoms with E-state index in [1.54, 1.807) is 0 Å². The van der Waals surface area contributed by atoms with Crippen LogP contribution in [0.1, 0.15) is 37.3 Å². The molecular formula is C25H40N4O3. The number of ether oxygens (including phenoxy) is 3. The van der Waals surface area contributed by atoms with Crippen LogP contribution in [-0.2, 0) is 16.0 Å². The van der Waals surface area contributed by atoms with Crippen LogP contribution in [0.15, 0.2) is 23.2 Å². The SMILES string of the molecule is CCNC(=NCc1ccc(C)cc1OCC1CC1)NCC(C1CCOC1)N1CCOCC1. The molecule has 2 aliphatic heterocycles. The Balaban J connectivity index is 1.39. The van der Waals surface area contributed by atoms with E-state index in [0.717, 1.165) is 88.8 Å². The Morgan fingerprint density at radius 1 is 1.16 bits per heavy atom. The van der Waals surface area contributed by atoms with Gasteiger partial charge in [-0.15, -0.1) is 0 Å².